The molecule has 0 unspecified atom stereocenters. The third-order valence-electron chi connectivity index (χ3n) is 3.97. The zero-order valence-corrected chi connectivity index (χ0v) is 17.1. The average Bonchev–Trinajstić information content (AvgIpc) is 3.19. The summed E-state index contributed by atoms with van der Waals surface area (Å²) in [6, 6.07) is 14.8. The number of carbonyl (C=O) groups excluding carboxylic acids is 1. The summed E-state index contributed by atoms with van der Waals surface area (Å²) in [7, 11) is 1.56. The van der Waals surface area contributed by atoms with Gasteiger partial charge in [0, 0.05) is 10.0 Å². The molecule has 1 amide bonds. The molecule has 1 aromatic heterocycles. The van der Waals surface area contributed by atoms with Crippen LogP contribution in [0.3, 0.4) is 0 Å². The van der Waals surface area contributed by atoms with Crippen molar-refractivity contribution in [2.45, 2.75) is 26.0 Å². The lowest BCUT2D eigenvalue weighted by atomic mass is 10.2. The number of aromatic nitrogens is 2. The highest BCUT2D eigenvalue weighted by atomic mass is 79.9. The Morgan fingerprint density at radius 2 is 2.00 bits per heavy atom. The van der Waals surface area contributed by atoms with E-state index in [1.54, 1.807) is 19.2 Å². The number of methoxy groups -OCH3 is 1. The minimum absolute atomic E-state index is 0.117. The Kier molecular flexibility index (Phi) is 6.65. The molecule has 0 radical (unpaired) electrons. The molecule has 0 spiro atoms. The molecule has 8 heteroatoms. The SMILES string of the molecule is CC[C@H](Oc1ccccc1OC)C(=O)NCc1nc(-c2cccc(Br)c2)no1. The van der Waals surface area contributed by atoms with E-state index in [4.69, 9.17) is 14.0 Å². The lowest BCUT2D eigenvalue weighted by molar-refractivity contribution is -0.128. The highest BCUT2D eigenvalue weighted by Gasteiger charge is 2.20. The Bertz CT molecular complexity index is 944. The molecule has 28 heavy (non-hydrogen) atoms. The molecule has 3 aromatic rings. The molecule has 7 nitrogen and oxygen atoms in total. The Morgan fingerprint density at radius 3 is 2.71 bits per heavy atom. The number of hydrogen-bond donors (Lipinski definition) is 1. The van der Waals surface area contributed by atoms with Crippen LogP contribution in [0.25, 0.3) is 11.4 Å². The van der Waals surface area contributed by atoms with Gasteiger partial charge in [-0.2, -0.15) is 4.98 Å². The molecule has 2 aromatic carbocycles. The third-order valence-corrected chi connectivity index (χ3v) is 4.46. The van der Waals surface area contributed by atoms with Gasteiger partial charge in [0.2, 0.25) is 11.7 Å². The molecule has 0 aliphatic carbocycles. The van der Waals surface area contributed by atoms with E-state index in [1.165, 1.54) is 0 Å². The summed E-state index contributed by atoms with van der Waals surface area (Å²) in [5.74, 6) is 1.60. The standard InChI is InChI=1S/C20H20BrN3O4/c1-3-15(27-17-10-5-4-9-16(17)26-2)20(25)22-12-18-23-19(24-28-18)13-7-6-8-14(21)11-13/h4-11,15H,3,12H2,1-2H3,(H,22,25)/t15-/m0/s1. The van der Waals surface area contributed by atoms with E-state index in [9.17, 15) is 4.79 Å². The topological polar surface area (TPSA) is 86.5 Å². The zero-order chi connectivity index (χ0) is 19.9. The van der Waals surface area contributed by atoms with Crippen molar-refractivity contribution in [1.82, 2.24) is 15.5 Å². The Hall–Kier alpha value is -2.87. The first-order valence-electron chi connectivity index (χ1n) is 8.76. The van der Waals surface area contributed by atoms with Crippen LogP contribution in [0.4, 0.5) is 0 Å². The number of halogens is 1. The van der Waals surface area contributed by atoms with E-state index in [-0.39, 0.29) is 12.5 Å². The summed E-state index contributed by atoms with van der Waals surface area (Å²) in [4.78, 5) is 16.8. The minimum atomic E-state index is -0.663. The quantitative estimate of drug-likeness (QED) is 0.564. The first-order valence-corrected chi connectivity index (χ1v) is 9.56. The van der Waals surface area contributed by atoms with Gasteiger partial charge in [0.1, 0.15) is 0 Å². The van der Waals surface area contributed by atoms with Gasteiger partial charge >= 0.3 is 0 Å². The van der Waals surface area contributed by atoms with E-state index in [1.807, 2.05) is 43.3 Å². The summed E-state index contributed by atoms with van der Waals surface area (Å²) in [6.07, 6.45) is -0.166. The van der Waals surface area contributed by atoms with Crippen LogP contribution in [0.1, 0.15) is 19.2 Å². The molecular formula is C20H20BrN3O4. The van der Waals surface area contributed by atoms with Gasteiger partial charge in [0.05, 0.1) is 13.7 Å². The largest absolute Gasteiger partial charge is 0.493 e. The highest BCUT2D eigenvalue weighted by molar-refractivity contribution is 9.10. The zero-order valence-electron chi connectivity index (χ0n) is 15.5. The molecule has 0 saturated carbocycles. The number of amides is 1. The normalized spacial score (nSPS) is 11.7. The predicted octanol–water partition coefficient (Wildman–Crippen LogP) is 3.98. The molecule has 0 aliphatic rings. The van der Waals surface area contributed by atoms with Crippen LogP contribution in [-0.4, -0.2) is 29.3 Å². The van der Waals surface area contributed by atoms with Crippen LogP contribution in [-0.2, 0) is 11.3 Å². The molecule has 1 heterocycles. The van der Waals surface area contributed by atoms with Gasteiger partial charge in [-0.3, -0.25) is 4.79 Å². The summed E-state index contributed by atoms with van der Waals surface area (Å²) < 4.78 is 17.2. The molecule has 0 bridgehead atoms. The molecular weight excluding hydrogens is 426 g/mol. The molecule has 146 valence electrons. The minimum Gasteiger partial charge on any atom is -0.493 e. The number of rotatable bonds is 8. The van der Waals surface area contributed by atoms with Crippen LogP contribution in [0.5, 0.6) is 11.5 Å². The van der Waals surface area contributed by atoms with Crippen molar-refractivity contribution in [2.75, 3.05) is 7.11 Å². The van der Waals surface area contributed by atoms with Crippen molar-refractivity contribution >= 4 is 21.8 Å². The first kappa shape index (κ1) is 19.9. The first-order chi connectivity index (χ1) is 13.6. The number of para-hydroxylation sites is 2. The second-order valence-electron chi connectivity index (χ2n) is 5.91. The van der Waals surface area contributed by atoms with Gasteiger partial charge in [-0.25, -0.2) is 0 Å². The smallest absolute Gasteiger partial charge is 0.261 e. The van der Waals surface area contributed by atoms with Crippen molar-refractivity contribution in [2.24, 2.45) is 0 Å². The van der Waals surface area contributed by atoms with Gasteiger partial charge in [-0.1, -0.05) is 52.3 Å². The maximum Gasteiger partial charge on any atom is 0.261 e. The van der Waals surface area contributed by atoms with E-state index in [0.717, 1.165) is 10.0 Å². The monoisotopic (exact) mass is 445 g/mol. The fraction of sp³-hybridized carbons (Fsp3) is 0.250. The van der Waals surface area contributed by atoms with E-state index in [0.29, 0.717) is 29.6 Å². The van der Waals surface area contributed by atoms with E-state index in [2.05, 4.69) is 31.4 Å². The fourth-order valence-corrected chi connectivity index (χ4v) is 2.94. The summed E-state index contributed by atoms with van der Waals surface area (Å²) >= 11 is 3.41. The number of carbonyl (C=O) groups is 1. The van der Waals surface area contributed by atoms with Crippen LogP contribution >= 0.6 is 15.9 Å². The molecule has 1 N–H and O–H groups in total. The highest BCUT2D eigenvalue weighted by Crippen LogP contribution is 2.27. The average molecular weight is 446 g/mol. The third kappa shape index (κ3) is 4.89. The molecule has 0 aliphatic heterocycles. The van der Waals surface area contributed by atoms with Crippen molar-refractivity contribution in [3.8, 4) is 22.9 Å². The van der Waals surface area contributed by atoms with Crippen LogP contribution < -0.4 is 14.8 Å². The van der Waals surface area contributed by atoms with Gasteiger partial charge in [-0.05, 0) is 30.7 Å². The second-order valence-corrected chi connectivity index (χ2v) is 6.82. The lowest BCUT2D eigenvalue weighted by Crippen LogP contribution is -2.37. The Labute approximate surface area is 171 Å². The van der Waals surface area contributed by atoms with E-state index < -0.39 is 6.10 Å². The van der Waals surface area contributed by atoms with Crippen molar-refractivity contribution < 1.29 is 18.8 Å². The lowest BCUT2D eigenvalue weighted by Gasteiger charge is -2.18. The number of ether oxygens (including phenoxy) is 2. The van der Waals surface area contributed by atoms with Gasteiger partial charge in [-0.15, -0.1) is 0 Å². The Morgan fingerprint density at radius 1 is 1.21 bits per heavy atom. The van der Waals surface area contributed by atoms with Crippen molar-refractivity contribution in [3.63, 3.8) is 0 Å². The van der Waals surface area contributed by atoms with Gasteiger partial charge in [0.25, 0.3) is 5.91 Å². The number of hydrogen-bond acceptors (Lipinski definition) is 6. The maximum absolute atomic E-state index is 12.5. The Balaban J connectivity index is 1.61. The maximum atomic E-state index is 12.5. The van der Waals surface area contributed by atoms with Crippen LogP contribution in [0.15, 0.2) is 57.5 Å². The molecule has 0 fully saturated rings. The summed E-state index contributed by atoms with van der Waals surface area (Å²) in [5.41, 5.74) is 0.821. The molecule has 3 rings (SSSR count). The summed E-state index contributed by atoms with van der Waals surface area (Å²) in [6.45, 7) is 1.99. The second kappa shape index (κ2) is 9.36. The summed E-state index contributed by atoms with van der Waals surface area (Å²) in [5, 5.41) is 6.73. The van der Waals surface area contributed by atoms with Gasteiger partial charge < -0.3 is 19.3 Å². The van der Waals surface area contributed by atoms with Crippen molar-refractivity contribution in [1.29, 1.82) is 0 Å². The number of nitrogens with one attached hydrogen (secondary N) is 1. The molecule has 1 atom stereocenters. The van der Waals surface area contributed by atoms with Crippen LogP contribution in [0.2, 0.25) is 0 Å². The van der Waals surface area contributed by atoms with Crippen molar-refractivity contribution in [3.05, 3.63) is 58.9 Å². The number of benzene rings is 2. The molecule has 0 saturated heterocycles. The van der Waals surface area contributed by atoms with Gasteiger partial charge in [0.15, 0.2) is 17.6 Å². The predicted molar refractivity (Wildman–Crippen MR) is 107 cm³/mol. The fourth-order valence-electron chi connectivity index (χ4n) is 2.54. The van der Waals surface area contributed by atoms with E-state index >= 15 is 0 Å². The van der Waals surface area contributed by atoms with Crippen LogP contribution in [0, 0.1) is 0 Å². The number of nitrogens with zero attached hydrogens (tertiary/aromatic N) is 2.